The van der Waals surface area contributed by atoms with Gasteiger partial charge in [0.1, 0.15) is 6.54 Å². The van der Waals surface area contributed by atoms with Gasteiger partial charge in [0, 0.05) is 32.8 Å². The highest BCUT2D eigenvalue weighted by atomic mass is 127. The number of carbonyl (C=O) groups excluding carboxylic acids is 1. The molecular formula is C20H37IN4O2. The van der Waals surface area contributed by atoms with E-state index in [1.54, 1.807) is 19.0 Å². The summed E-state index contributed by atoms with van der Waals surface area (Å²) in [6.45, 7) is 3.33. The molecule has 1 aliphatic heterocycles. The second kappa shape index (κ2) is 10.3. The number of rotatable bonds is 4. The maximum atomic E-state index is 12.0. The molecule has 0 radical (unpaired) electrons. The molecule has 1 spiro atoms. The van der Waals surface area contributed by atoms with Gasteiger partial charge < -0.3 is 20.3 Å². The fraction of sp³-hybridized carbons (Fsp3) is 0.900. The van der Waals surface area contributed by atoms with E-state index in [-0.39, 0.29) is 42.0 Å². The highest BCUT2D eigenvalue weighted by Crippen LogP contribution is 2.42. The number of amides is 1. The summed E-state index contributed by atoms with van der Waals surface area (Å²) in [4.78, 5) is 18.2. The van der Waals surface area contributed by atoms with Crippen molar-refractivity contribution >= 4 is 35.8 Å². The Bertz CT molecular complexity index is 522. The molecule has 0 aromatic rings. The summed E-state index contributed by atoms with van der Waals surface area (Å²) in [5, 5.41) is 7.27. The number of hydrogen-bond acceptors (Lipinski definition) is 3. The van der Waals surface area contributed by atoms with Crippen molar-refractivity contribution < 1.29 is 9.53 Å². The molecule has 3 unspecified atom stereocenters. The summed E-state index contributed by atoms with van der Waals surface area (Å²) in [6.07, 6.45) is 10.7. The summed E-state index contributed by atoms with van der Waals surface area (Å²) >= 11 is 0. The van der Waals surface area contributed by atoms with Crippen LogP contribution in [0.1, 0.15) is 64.7 Å². The smallest absolute Gasteiger partial charge is 0.243 e. The number of aliphatic imine (C=N–C) groups is 1. The Labute approximate surface area is 181 Å². The summed E-state index contributed by atoms with van der Waals surface area (Å²) in [5.74, 6) is 1.48. The van der Waals surface area contributed by atoms with E-state index in [2.05, 4.69) is 22.5 Å². The third-order valence-corrected chi connectivity index (χ3v) is 6.40. The third-order valence-electron chi connectivity index (χ3n) is 6.40. The van der Waals surface area contributed by atoms with Crippen molar-refractivity contribution in [2.45, 2.75) is 82.4 Å². The molecule has 6 nitrogen and oxygen atoms in total. The third kappa shape index (κ3) is 6.21. The summed E-state index contributed by atoms with van der Waals surface area (Å²) in [7, 11) is 3.56. The normalized spacial score (nSPS) is 30.0. The quantitative estimate of drug-likeness (QED) is 0.360. The van der Waals surface area contributed by atoms with E-state index >= 15 is 0 Å². The van der Waals surface area contributed by atoms with Crippen molar-refractivity contribution in [2.75, 3.05) is 27.2 Å². The molecule has 3 atom stereocenters. The minimum absolute atomic E-state index is 0. The maximum Gasteiger partial charge on any atom is 0.243 e. The van der Waals surface area contributed by atoms with E-state index in [9.17, 15) is 4.79 Å². The van der Waals surface area contributed by atoms with Gasteiger partial charge >= 0.3 is 0 Å². The first kappa shape index (κ1) is 22.7. The molecule has 0 aromatic heterocycles. The maximum absolute atomic E-state index is 12.0. The molecule has 1 heterocycles. The van der Waals surface area contributed by atoms with Gasteiger partial charge in [0.05, 0.1) is 5.60 Å². The highest BCUT2D eigenvalue weighted by Gasteiger charge is 2.42. The van der Waals surface area contributed by atoms with Gasteiger partial charge in [-0.25, -0.2) is 4.99 Å². The van der Waals surface area contributed by atoms with Crippen LogP contribution in [0.5, 0.6) is 0 Å². The molecule has 2 aliphatic carbocycles. The summed E-state index contributed by atoms with van der Waals surface area (Å²) in [5.41, 5.74) is 0.110. The number of hydrogen-bond donors (Lipinski definition) is 2. The minimum Gasteiger partial charge on any atom is -0.375 e. The number of likely N-dealkylation sites (N-methyl/N-ethyl adjacent to an activating group) is 1. The predicted molar refractivity (Wildman–Crippen MR) is 120 cm³/mol. The fourth-order valence-electron chi connectivity index (χ4n) is 4.39. The number of nitrogens with one attached hydrogen (secondary N) is 2. The zero-order valence-corrected chi connectivity index (χ0v) is 19.5. The Morgan fingerprint density at radius 3 is 2.52 bits per heavy atom. The highest BCUT2D eigenvalue weighted by molar-refractivity contribution is 14.0. The van der Waals surface area contributed by atoms with E-state index in [4.69, 9.17) is 4.74 Å². The topological polar surface area (TPSA) is 66.0 Å². The number of guanidine groups is 1. The van der Waals surface area contributed by atoms with Crippen LogP contribution in [0.2, 0.25) is 0 Å². The molecule has 2 saturated carbocycles. The Morgan fingerprint density at radius 2 is 1.89 bits per heavy atom. The molecule has 0 bridgehead atoms. The zero-order valence-electron chi connectivity index (χ0n) is 17.1. The zero-order chi connectivity index (χ0) is 18.6. The van der Waals surface area contributed by atoms with E-state index < -0.39 is 0 Å². The lowest BCUT2D eigenvalue weighted by atomic mass is 9.74. The molecule has 3 rings (SSSR count). The van der Waals surface area contributed by atoms with Crippen molar-refractivity contribution in [3.63, 3.8) is 0 Å². The van der Waals surface area contributed by atoms with Crippen LogP contribution in [-0.4, -0.2) is 61.7 Å². The average molecular weight is 492 g/mol. The molecular weight excluding hydrogens is 455 g/mol. The molecule has 1 amide bonds. The van der Waals surface area contributed by atoms with E-state index in [0.29, 0.717) is 18.0 Å². The Balaban J connectivity index is 0.00000261. The van der Waals surface area contributed by atoms with Gasteiger partial charge in [0.25, 0.3) is 0 Å². The van der Waals surface area contributed by atoms with Gasteiger partial charge in [-0.2, -0.15) is 0 Å². The molecule has 2 N–H and O–H groups in total. The first-order valence-corrected chi connectivity index (χ1v) is 10.4. The lowest BCUT2D eigenvalue weighted by Gasteiger charge is -2.47. The van der Waals surface area contributed by atoms with Crippen LogP contribution in [0.15, 0.2) is 4.99 Å². The van der Waals surface area contributed by atoms with Gasteiger partial charge in [-0.1, -0.05) is 19.8 Å². The van der Waals surface area contributed by atoms with Gasteiger partial charge in [-0.3, -0.25) is 4.79 Å². The van der Waals surface area contributed by atoms with Crippen molar-refractivity contribution in [3.8, 4) is 0 Å². The Morgan fingerprint density at radius 1 is 1.15 bits per heavy atom. The lowest BCUT2D eigenvalue weighted by molar-refractivity contribution is -0.134. The predicted octanol–water partition coefficient (Wildman–Crippen LogP) is 2.91. The van der Waals surface area contributed by atoms with Gasteiger partial charge in [-0.15, -0.1) is 24.0 Å². The van der Waals surface area contributed by atoms with Gasteiger partial charge in [0.15, 0.2) is 5.96 Å². The standard InChI is InChI=1S/C20H36N4O2.HI/c1-15-7-4-5-8-17(15)23-19(21-14-18(25)24(2)3)22-16-9-12-26-20(13-16)10-6-11-20;/h15-17H,4-14H2,1-3H3,(H2,21,22,23);1H. The number of halogens is 1. The molecule has 156 valence electrons. The summed E-state index contributed by atoms with van der Waals surface area (Å²) < 4.78 is 6.05. The lowest BCUT2D eigenvalue weighted by Crippen LogP contribution is -2.56. The van der Waals surface area contributed by atoms with Crippen LogP contribution in [-0.2, 0) is 9.53 Å². The van der Waals surface area contributed by atoms with Crippen molar-refractivity contribution in [1.29, 1.82) is 0 Å². The first-order chi connectivity index (χ1) is 12.5. The SMILES string of the molecule is CC1CCCCC1NC(=NCC(=O)N(C)C)NC1CCOC2(CCC2)C1.I. The van der Waals surface area contributed by atoms with Crippen LogP contribution in [0.25, 0.3) is 0 Å². The van der Waals surface area contributed by atoms with Crippen LogP contribution in [0.4, 0.5) is 0 Å². The molecule has 7 heteroatoms. The van der Waals surface area contributed by atoms with Crippen molar-refractivity contribution in [3.05, 3.63) is 0 Å². The second-order valence-corrected chi connectivity index (χ2v) is 8.68. The summed E-state index contributed by atoms with van der Waals surface area (Å²) in [6, 6.07) is 0.825. The number of nitrogens with zero attached hydrogens (tertiary/aromatic N) is 2. The molecule has 27 heavy (non-hydrogen) atoms. The monoisotopic (exact) mass is 492 g/mol. The molecule has 3 fully saturated rings. The Hall–Kier alpha value is -0.570. The first-order valence-electron chi connectivity index (χ1n) is 10.4. The van der Waals surface area contributed by atoms with Gasteiger partial charge in [-0.05, 0) is 50.9 Å². The van der Waals surface area contributed by atoms with E-state index in [0.717, 1.165) is 25.4 Å². The molecule has 3 aliphatic rings. The minimum atomic E-state index is 0. The van der Waals surface area contributed by atoms with E-state index in [1.165, 1.54) is 44.9 Å². The van der Waals surface area contributed by atoms with Crippen molar-refractivity contribution in [2.24, 2.45) is 10.9 Å². The molecule has 0 aromatic carbocycles. The Kier molecular flexibility index (Phi) is 8.65. The van der Waals surface area contributed by atoms with E-state index in [1.807, 2.05) is 0 Å². The van der Waals surface area contributed by atoms with Gasteiger partial charge in [0.2, 0.25) is 5.91 Å². The fourth-order valence-corrected chi connectivity index (χ4v) is 4.39. The number of ether oxygens (including phenoxy) is 1. The number of carbonyl (C=O) groups is 1. The van der Waals surface area contributed by atoms with Crippen molar-refractivity contribution in [1.82, 2.24) is 15.5 Å². The average Bonchev–Trinajstić information content (AvgIpc) is 2.60. The van der Waals surface area contributed by atoms with Crippen LogP contribution >= 0.6 is 24.0 Å². The largest absolute Gasteiger partial charge is 0.375 e. The van der Waals surface area contributed by atoms with Crippen LogP contribution < -0.4 is 10.6 Å². The second-order valence-electron chi connectivity index (χ2n) is 8.68. The molecule has 1 saturated heterocycles. The van der Waals surface area contributed by atoms with Crippen LogP contribution in [0.3, 0.4) is 0 Å². The van der Waals surface area contributed by atoms with Crippen LogP contribution in [0, 0.1) is 5.92 Å².